The Morgan fingerprint density at radius 1 is 1.07 bits per heavy atom. The second-order valence-corrected chi connectivity index (χ2v) is 8.93. The van der Waals surface area contributed by atoms with Crippen LogP contribution in [-0.4, -0.2) is 33.7 Å². The summed E-state index contributed by atoms with van der Waals surface area (Å²) >= 11 is 5.86. The standard InChI is InChI=1S/C20H25ClN2O3S/c1-15-6-4-7-16(2)20(15)23(27(3,25)26)14-19(24)22-13-5-8-17-9-11-18(21)12-10-17/h4,6-7,9-12H,5,8,13-14H2,1-3H3,(H,22,24). The molecule has 5 nitrogen and oxygen atoms in total. The first-order valence-electron chi connectivity index (χ1n) is 8.73. The Bertz CT molecular complexity index is 876. The normalized spacial score (nSPS) is 11.3. The molecule has 0 unspecified atom stereocenters. The smallest absolute Gasteiger partial charge is 0.240 e. The molecule has 2 aromatic rings. The SMILES string of the molecule is Cc1cccc(C)c1N(CC(=O)NCCCc1ccc(Cl)cc1)S(C)(=O)=O. The topological polar surface area (TPSA) is 66.5 Å². The molecule has 0 spiro atoms. The van der Waals surface area contributed by atoms with Crippen LogP contribution in [-0.2, 0) is 21.2 Å². The zero-order chi connectivity index (χ0) is 20.0. The van der Waals surface area contributed by atoms with Crippen LogP contribution in [0.3, 0.4) is 0 Å². The van der Waals surface area contributed by atoms with Gasteiger partial charge < -0.3 is 5.32 Å². The molecule has 0 heterocycles. The molecule has 0 radical (unpaired) electrons. The predicted molar refractivity (Wildman–Crippen MR) is 111 cm³/mol. The number of nitrogens with zero attached hydrogens (tertiary/aromatic N) is 1. The molecule has 0 aliphatic heterocycles. The van der Waals surface area contributed by atoms with Gasteiger partial charge in [0.05, 0.1) is 11.9 Å². The van der Waals surface area contributed by atoms with Gasteiger partial charge >= 0.3 is 0 Å². The first-order chi connectivity index (χ1) is 12.7. The van der Waals surface area contributed by atoms with Crippen molar-refractivity contribution in [3.63, 3.8) is 0 Å². The highest BCUT2D eigenvalue weighted by Gasteiger charge is 2.23. The van der Waals surface area contributed by atoms with Crippen LogP contribution in [0.15, 0.2) is 42.5 Å². The van der Waals surface area contributed by atoms with E-state index in [1.165, 1.54) is 4.31 Å². The summed E-state index contributed by atoms with van der Waals surface area (Å²) in [5.74, 6) is -0.320. The van der Waals surface area contributed by atoms with E-state index < -0.39 is 10.0 Å². The number of hydrogen-bond acceptors (Lipinski definition) is 3. The monoisotopic (exact) mass is 408 g/mol. The number of sulfonamides is 1. The fraction of sp³-hybridized carbons (Fsp3) is 0.350. The molecular formula is C20H25ClN2O3S. The molecule has 0 aromatic heterocycles. The number of amides is 1. The Hall–Kier alpha value is -2.05. The molecule has 7 heteroatoms. The van der Waals surface area contributed by atoms with Crippen LogP contribution in [0, 0.1) is 13.8 Å². The number of aryl methyl sites for hydroxylation is 3. The molecule has 0 aliphatic carbocycles. The van der Waals surface area contributed by atoms with Gasteiger partial charge in [0, 0.05) is 11.6 Å². The van der Waals surface area contributed by atoms with E-state index in [0.717, 1.165) is 35.8 Å². The van der Waals surface area contributed by atoms with Gasteiger partial charge in [-0.3, -0.25) is 9.10 Å². The van der Waals surface area contributed by atoms with E-state index in [1.807, 2.05) is 56.3 Å². The number of nitrogens with one attached hydrogen (secondary N) is 1. The summed E-state index contributed by atoms with van der Waals surface area (Å²) in [5.41, 5.74) is 3.34. The van der Waals surface area contributed by atoms with E-state index in [-0.39, 0.29) is 12.5 Å². The Kier molecular flexibility index (Phi) is 7.27. The third kappa shape index (κ3) is 6.26. The summed E-state index contributed by atoms with van der Waals surface area (Å²) in [6, 6.07) is 13.1. The third-order valence-electron chi connectivity index (χ3n) is 4.25. The van der Waals surface area contributed by atoms with Gasteiger partial charge in [-0.25, -0.2) is 8.42 Å². The van der Waals surface area contributed by atoms with E-state index >= 15 is 0 Å². The molecule has 146 valence electrons. The molecule has 0 aliphatic rings. The Morgan fingerprint density at radius 2 is 1.67 bits per heavy atom. The van der Waals surface area contributed by atoms with Gasteiger partial charge in [0.1, 0.15) is 6.54 Å². The van der Waals surface area contributed by atoms with Crippen molar-refractivity contribution in [1.29, 1.82) is 0 Å². The van der Waals surface area contributed by atoms with Crippen LogP contribution in [0.1, 0.15) is 23.1 Å². The van der Waals surface area contributed by atoms with Gasteiger partial charge in [-0.1, -0.05) is 41.9 Å². The van der Waals surface area contributed by atoms with Crippen molar-refractivity contribution < 1.29 is 13.2 Å². The zero-order valence-corrected chi connectivity index (χ0v) is 17.4. The van der Waals surface area contributed by atoms with Crippen LogP contribution >= 0.6 is 11.6 Å². The van der Waals surface area contributed by atoms with E-state index in [0.29, 0.717) is 17.3 Å². The van der Waals surface area contributed by atoms with E-state index in [4.69, 9.17) is 11.6 Å². The average molecular weight is 409 g/mol. The van der Waals surface area contributed by atoms with Crippen molar-refractivity contribution in [3.05, 3.63) is 64.2 Å². The lowest BCUT2D eigenvalue weighted by Gasteiger charge is -2.25. The van der Waals surface area contributed by atoms with Crippen LogP contribution in [0.5, 0.6) is 0 Å². The highest BCUT2D eigenvalue weighted by molar-refractivity contribution is 7.92. The molecule has 1 N–H and O–H groups in total. The van der Waals surface area contributed by atoms with Crippen LogP contribution in [0.4, 0.5) is 5.69 Å². The number of rotatable bonds is 8. The summed E-state index contributed by atoms with van der Waals surface area (Å²) in [7, 11) is -3.58. The van der Waals surface area contributed by atoms with Crippen molar-refractivity contribution in [3.8, 4) is 0 Å². The number of benzene rings is 2. The number of para-hydroxylation sites is 1. The first kappa shape index (κ1) is 21.3. The van der Waals surface area contributed by atoms with Crippen LogP contribution in [0.25, 0.3) is 0 Å². The number of anilines is 1. The van der Waals surface area contributed by atoms with Gasteiger partial charge in [-0.15, -0.1) is 0 Å². The minimum absolute atomic E-state index is 0.231. The fourth-order valence-electron chi connectivity index (χ4n) is 2.92. The Labute approximate surface area is 166 Å². The maximum atomic E-state index is 12.3. The lowest BCUT2D eigenvalue weighted by atomic mass is 10.1. The van der Waals surface area contributed by atoms with E-state index in [2.05, 4.69) is 5.32 Å². The molecule has 0 saturated carbocycles. The highest BCUT2D eigenvalue weighted by atomic mass is 35.5. The lowest BCUT2D eigenvalue weighted by molar-refractivity contribution is -0.119. The molecule has 0 bridgehead atoms. The Balaban J connectivity index is 1.95. The largest absolute Gasteiger partial charge is 0.355 e. The number of carbonyl (C=O) groups is 1. The number of hydrogen-bond donors (Lipinski definition) is 1. The third-order valence-corrected chi connectivity index (χ3v) is 5.62. The van der Waals surface area contributed by atoms with Crippen molar-refractivity contribution in [2.45, 2.75) is 26.7 Å². The average Bonchev–Trinajstić information content (AvgIpc) is 2.58. The van der Waals surface area contributed by atoms with Gasteiger partial charge in [0.15, 0.2) is 0 Å². The summed E-state index contributed by atoms with van der Waals surface area (Å²) in [5, 5.41) is 3.50. The molecule has 0 atom stereocenters. The van der Waals surface area contributed by atoms with Crippen molar-refractivity contribution in [2.75, 3.05) is 23.7 Å². The summed E-state index contributed by atoms with van der Waals surface area (Å²) in [6.45, 7) is 3.92. The minimum atomic E-state index is -3.58. The highest BCUT2D eigenvalue weighted by Crippen LogP contribution is 2.26. The second kappa shape index (κ2) is 9.24. The van der Waals surface area contributed by atoms with Crippen molar-refractivity contribution in [2.24, 2.45) is 0 Å². The predicted octanol–water partition coefficient (Wildman–Crippen LogP) is 3.47. The molecule has 0 fully saturated rings. The maximum Gasteiger partial charge on any atom is 0.240 e. The Morgan fingerprint density at radius 3 is 2.22 bits per heavy atom. The lowest BCUT2D eigenvalue weighted by Crippen LogP contribution is -2.41. The fourth-order valence-corrected chi connectivity index (χ4v) is 4.02. The summed E-state index contributed by atoms with van der Waals surface area (Å²) in [4.78, 5) is 12.3. The maximum absolute atomic E-state index is 12.3. The molecular weight excluding hydrogens is 384 g/mol. The van der Waals surface area contributed by atoms with E-state index in [1.54, 1.807) is 0 Å². The van der Waals surface area contributed by atoms with Crippen LogP contribution in [0.2, 0.25) is 5.02 Å². The first-order valence-corrected chi connectivity index (χ1v) is 11.0. The molecule has 2 aromatic carbocycles. The minimum Gasteiger partial charge on any atom is -0.355 e. The quantitative estimate of drug-likeness (QED) is 0.680. The summed E-state index contributed by atoms with van der Waals surface area (Å²) in [6.07, 6.45) is 2.69. The number of halogens is 1. The molecule has 2 rings (SSSR count). The molecule has 1 amide bonds. The summed E-state index contributed by atoms with van der Waals surface area (Å²) < 4.78 is 25.7. The van der Waals surface area contributed by atoms with Gasteiger partial charge in [0.25, 0.3) is 0 Å². The molecule has 27 heavy (non-hydrogen) atoms. The molecule has 0 saturated heterocycles. The van der Waals surface area contributed by atoms with Gasteiger partial charge in [-0.05, 0) is 55.5 Å². The number of carbonyl (C=O) groups excluding carboxylic acids is 1. The zero-order valence-electron chi connectivity index (χ0n) is 15.8. The van der Waals surface area contributed by atoms with Gasteiger partial charge in [-0.2, -0.15) is 0 Å². The second-order valence-electron chi connectivity index (χ2n) is 6.59. The van der Waals surface area contributed by atoms with Crippen molar-refractivity contribution >= 4 is 33.2 Å². The van der Waals surface area contributed by atoms with Crippen molar-refractivity contribution in [1.82, 2.24) is 5.32 Å². The van der Waals surface area contributed by atoms with E-state index in [9.17, 15) is 13.2 Å². The van der Waals surface area contributed by atoms with Gasteiger partial charge in [0.2, 0.25) is 15.9 Å². The van der Waals surface area contributed by atoms with Crippen LogP contribution < -0.4 is 9.62 Å².